The maximum atomic E-state index is 5.86. The molecule has 0 aromatic carbocycles. The highest BCUT2D eigenvalue weighted by Gasteiger charge is 2.37. The molecule has 0 bridgehead atoms. The van der Waals surface area contributed by atoms with Crippen molar-refractivity contribution in [3.05, 3.63) is 0 Å². The Morgan fingerprint density at radius 3 is 2.80 bits per heavy atom. The Labute approximate surface area is 129 Å². The molecule has 1 N–H and O–H groups in total. The second-order valence-corrected chi connectivity index (χ2v) is 8.80. The molecule has 20 heavy (non-hydrogen) atoms. The van der Waals surface area contributed by atoms with Crippen molar-refractivity contribution < 1.29 is 4.74 Å². The fourth-order valence-electron chi connectivity index (χ4n) is 3.11. The molecule has 2 unspecified atom stereocenters. The van der Waals surface area contributed by atoms with Gasteiger partial charge in [0.2, 0.25) is 0 Å². The Kier molecular flexibility index (Phi) is 5.80. The van der Waals surface area contributed by atoms with Crippen molar-refractivity contribution in [2.75, 3.05) is 44.4 Å². The van der Waals surface area contributed by atoms with E-state index in [9.17, 15) is 0 Å². The third-order valence-electron chi connectivity index (χ3n) is 4.44. The van der Waals surface area contributed by atoms with Crippen molar-refractivity contribution in [1.29, 1.82) is 0 Å². The number of rotatable bonds is 4. The molecule has 0 saturated carbocycles. The van der Waals surface area contributed by atoms with E-state index in [0.717, 1.165) is 19.8 Å². The summed E-state index contributed by atoms with van der Waals surface area (Å²) in [5, 5.41) is 3.72. The van der Waals surface area contributed by atoms with Crippen LogP contribution in [-0.2, 0) is 4.74 Å². The van der Waals surface area contributed by atoms with Gasteiger partial charge in [-0.3, -0.25) is 4.90 Å². The van der Waals surface area contributed by atoms with Crippen molar-refractivity contribution in [2.45, 2.75) is 52.1 Å². The van der Waals surface area contributed by atoms with Gasteiger partial charge in [0.1, 0.15) is 0 Å². The molecule has 118 valence electrons. The first-order chi connectivity index (χ1) is 9.40. The standard InChI is InChI=1S/C16H32N2OS/c1-14-10-20-9-7-18(14)12-16(6-5-8-19-13-16)11-17-15(2,3)4/h14,17H,5-13H2,1-4H3. The maximum Gasteiger partial charge on any atom is 0.0546 e. The molecule has 0 aromatic heterocycles. The van der Waals surface area contributed by atoms with Crippen molar-refractivity contribution in [3.8, 4) is 0 Å². The smallest absolute Gasteiger partial charge is 0.0546 e. The molecule has 0 aromatic rings. The summed E-state index contributed by atoms with van der Waals surface area (Å²) >= 11 is 2.10. The highest BCUT2D eigenvalue weighted by atomic mass is 32.2. The molecule has 2 saturated heterocycles. The minimum atomic E-state index is 0.188. The van der Waals surface area contributed by atoms with Crippen molar-refractivity contribution in [3.63, 3.8) is 0 Å². The number of hydrogen-bond acceptors (Lipinski definition) is 4. The molecule has 2 fully saturated rings. The third-order valence-corrected chi connectivity index (χ3v) is 5.63. The lowest BCUT2D eigenvalue weighted by Gasteiger charge is -2.45. The summed E-state index contributed by atoms with van der Waals surface area (Å²) in [6.07, 6.45) is 2.51. The van der Waals surface area contributed by atoms with Gasteiger partial charge in [-0.15, -0.1) is 0 Å². The van der Waals surface area contributed by atoms with Crippen LogP contribution in [0.15, 0.2) is 0 Å². The number of nitrogens with one attached hydrogen (secondary N) is 1. The van der Waals surface area contributed by atoms with Crippen LogP contribution in [-0.4, -0.2) is 60.8 Å². The van der Waals surface area contributed by atoms with Crippen LogP contribution in [0.2, 0.25) is 0 Å². The molecule has 0 spiro atoms. The van der Waals surface area contributed by atoms with Gasteiger partial charge in [-0.25, -0.2) is 0 Å². The van der Waals surface area contributed by atoms with E-state index in [0.29, 0.717) is 11.5 Å². The Hall–Kier alpha value is 0.230. The topological polar surface area (TPSA) is 24.5 Å². The second-order valence-electron chi connectivity index (χ2n) is 7.65. The number of ether oxygens (including phenoxy) is 1. The van der Waals surface area contributed by atoms with Gasteiger partial charge in [0.25, 0.3) is 0 Å². The van der Waals surface area contributed by atoms with E-state index in [-0.39, 0.29) is 5.54 Å². The average Bonchev–Trinajstić information content (AvgIpc) is 2.40. The summed E-state index contributed by atoms with van der Waals surface area (Å²) in [6.45, 7) is 14.5. The summed E-state index contributed by atoms with van der Waals surface area (Å²) in [6, 6.07) is 0.710. The van der Waals surface area contributed by atoms with Crippen LogP contribution in [0.5, 0.6) is 0 Å². The molecular weight excluding hydrogens is 268 g/mol. The van der Waals surface area contributed by atoms with Gasteiger partial charge >= 0.3 is 0 Å². The second kappa shape index (κ2) is 6.99. The molecule has 2 atom stereocenters. The highest BCUT2D eigenvalue weighted by molar-refractivity contribution is 7.99. The van der Waals surface area contributed by atoms with Gasteiger partial charge in [0.05, 0.1) is 6.61 Å². The first-order valence-corrected chi connectivity index (χ1v) is 9.20. The predicted octanol–water partition coefficient (Wildman–Crippen LogP) is 2.61. The SMILES string of the molecule is CC1CSCCN1CC1(CNC(C)(C)C)CCCOC1. The number of nitrogens with zero attached hydrogens (tertiary/aromatic N) is 1. The summed E-state index contributed by atoms with van der Waals surface area (Å²) in [5.41, 5.74) is 0.496. The van der Waals surface area contributed by atoms with Gasteiger partial charge in [0, 0.05) is 54.7 Å². The Morgan fingerprint density at radius 1 is 1.40 bits per heavy atom. The maximum absolute atomic E-state index is 5.86. The lowest BCUT2D eigenvalue weighted by Crippen LogP contribution is -2.55. The minimum Gasteiger partial charge on any atom is -0.381 e. The largest absolute Gasteiger partial charge is 0.381 e. The van der Waals surface area contributed by atoms with E-state index in [1.165, 1.54) is 37.4 Å². The minimum absolute atomic E-state index is 0.188. The number of hydrogen-bond donors (Lipinski definition) is 1. The fraction of sp³-hybridized carbons (Fsp3) is 1.00. The molecule has 2 aliphatic heterocycles. The molecule has 2 rings (SSSR count). The van der Waals surface area contributed by atoms with Gasteiger partial charge < -0.3 is 10.1 Å². The van der Waals surface area contributed by atoms with Crippen LogP contribution in [0.3, 0.4) is 0 Å². The molecule has 0 aliphatic carbocycles. The average molecular weight is 301 g/mol. The Bertz CT molecular complexity index is 297. The van der Waals surface area contributed by atoms with Crippen LogP contribution >= 0.6 is 11.8 Å². The lowest BCUT2D eigenvalue weighted by atomic mass is 9.80. The van der Waals surface area contributed by atoms with Gasteiger partial charge in [-0.1, -0.05) is 0 Å². The molecule has 0 radical (unpaired) electrons. The zero-order valence-electron chi connectivity index (χ0n) is 13.7. The first kappa shape index (κ1) is 16.6. The van der Waals surface area contributed by atoms with Crippen LogP contribution in [0, 0.1) is 5.41 Å². The van der Waals surface area contributed by atoms with Crippen molar-refractivity contribution in [2.24, 2.45) is 5.41 Å². The zero-order valence-corrected chi connectivity index (χ0v) is 14.5. The number of thioether (sulfide) groups is 1. The van der Waals surface area contributed by atoms with Crippen LogP contribution in [0.25, 0.3) is 0 Å². The summed E-state index contributed by atoms with van der Waals surface area (Å²) in [7, 11) is 0. The molecule has 2 heterocycles. The van der Waals surface area contributed by atoms with E-state index in [4.69, 9.17) is 4.74 Å². The quantitative estimate of drug-likeness (QED) is 0.862. The lowest BCUT2D eigenvalue weighted by molar-refractivity contribution is -0.0325. The summed E-state index contributed by atoms with van der Waals surface area (Å²) < 4.78 is 5.86. The fourth-order valence-corrected chi connectivity index (χ4v) is 4.19. The van der Waals surface area contributed by atoms with E-state index in [1.54, 1.807) is 0 Å². The molecule has 3 nitrogen and oxygen atoms in total. The first-order valence-electron chi connectivity index (χ1n) is 8.05. The van der Waals surface area contributed by atoms with Gasteiger partial charge in [-0.2, -0.15) is 11.8 Å². The Balaban J connectivity index is 1.98. The van der Waals surface area contributed by atoms with Gasteiger partial charge in [0.15, 0.2) is 0 Å². The molecular formula is C16H32N2OS. The van der Waals surface area contributed by atoms with Crippen LogP contribution in [0.1, 0.15) is 40.5 Å². The highest BCUT2D eigenvalue weighted by Crippen LogP contribution is 2.31. The van der Waals surface area contributed by atoms with Crippen LogP contribution < -0.4 is 5.32 Å². The Morgan fingerprint density at radius 2 is 2.20 bits per heavy atom. The predicted molar refractivity (Wildman–Crippen MR) is 88.6 cm³/mol. The normalized spacial score (nSPS) is 33.3. The van der Waals surface area contributed by atoms with E-state index in [1.807, 2.05) is 0 Å². The monoisotopic (exact) mass is 300 g/mol. The van der Waals surface area contributed by atoms with Crippen LogP contribution in [0.4, 0.5) is 0 Å². The summed E-state index contributed by atoms with van der Waals surface area (Å²) in [5.74, 6) is 2.57. The van der Waals surface area contributed by atoms with Gasteiger partial charge in [-0.05, 0) is 40.5 Å². The molecule has 2 aliphatic rings. The van der Waals surface area contributed by atoms with E-state index < -0.39 is 0 Å². The summed E-state index contributed by atoms with van der Waals surface area (Å²) in [4.78, 5) is 2.69. The van der Waals surface area contributed by atoms with Crippen molar-refractivity contribution in [1.82, 2.24) is 10.2 Å². The molecule has 0 amide bonds. The van der Waals surface area contributed by atoms with E-state index in [2.05, 4.69) is 49.7 Å². The zero-order chi connectivity index (χ0) is 14.6. The van der Waals surface area contributed by atoms with E-state index >= 15 is 0 Å². The molecule has 4 heteroatoms. The third kappa shape index (κ3) is 4.90. The van der Waals surface area contributed by atoms with Crippen molar-refractivity contribution >= 4 is 11.8 Å².